The summed E-state index contributed by atoms with van der Waals surface area (Å²) >= 11 is 0. The molecule has 0 aromatic carbocycles. The van der Waals surface area contributed by atoms with E-state index in [4.69, 9.17) is 0 Å². The van der Waals surface area contributed by atoms with Crippen LogP contribution < -0.4 is 5.32 Å². The summed E-state index contributed by atoms with van der Waals surface area (Å²) in [5.41, 5.74) is 0. The standard InChI is InChI=1S/C12H16N6O/c1-17-6-4-13-12(17)11(9-2-3-9)15-10(19)8-18-7-5-14-16-18/h4-7,9,11H,2-3,8H2,1H3,(H,15,19)/t11-/m1/s1. The molecule has 1 amide bonds. The molecule has 7 heteroatoms. The van der Waals surface area contributed by atoms with Crippen molar-refractivity contribution in [3.05, 3.63) is 30.6 Å². The third-order valence-corrected chi connectivity index (χ3v) is 3.32. The van der Waals surface area contributed by atoms with E-state index in [0.717, 1.165) is 18.7 Å². The number of amides is 1. The highest BCUT2D eigenvalue weighted by Gasteiger charge is 2.35. The van der Waals surface area contributed by atoms with Crippen molar-refractivity contribution in [3.8, 4) is 0 Å². The number of rotatable bonds is 5. The number of carbonyl (C=O) groups excluding carboxylic acids is 1. The van der Waals surface area contributed by atoms with Gasteiger partial charge in [-0.2, -0.15) is 0 Å². The zero-order valence-corrected chi connectivity index (χ0v) is 10.7. The summed E-state index contributed by atoms with van der Waals surface area (Å²) in [6.07, 6.45) is 9.17. The molecule has 1 aliphatic carbocycles. The van der Waals surface area contributed by atoms with Crippen LogP contribution in [0.15, 0.2) is 24.8 Å². The fourth-order valence-corrected chi connectivity index (χ4v) is 2.18. The average molecular weight is 260 g/mol. The molecule has 0 radical (unpaired) electrons. The Morgan fingerprint density at radius 2 is 2.32 bits per heavy atom. The van der Waals surface area contributed by atoms with E-state index in [2.05, 4.69) is 20.6 Å². The third kappa shape index (κ3) is 2.64. The largest absolute Gasteiger partial charge is 0.344 e. The van der Waals surface area contributed by atoms with Gasteiger partial charge in [0.25, 0.3) is 0 Å². The second-order valence-corrected chi connectivity index (χ2v) is 4.88. The van der Waals surface area contributed by atoms with Crippen molar-refractivity contribution in [2.75, 3.05) is 0 Å². The number of nitrogens with one attached hydrogen (secondary N) is 1. The molecule has 0 bridgehead atoms. The van der Waals surface area contributed by atoms with Gasteiger partial charge in [-0.05, 0) is 18.8 Å². The van der Waals surface area contributed by atoms with E-state index in [-0.39, 0.29) is 18.5 Å². The Morgan fingerprint density at radius 3 is 2.89 bits per heavy atom. The average Bonchev–Trinajstić information content (AvgIpc) is 2.94. The van der Waals surface area contributed by atoms with Crippen LogP contribution in [0.2, 0.25) is 0 Å². The molecule has 7 nitrogen and oxygen atoms in total. The lowest BCUT2D eigenvalue weighted by Gasteiger charge is -2.18. The van der Waals surface area contributed by atoms with Crippen LogP contribution >= 0.6 is 0 Å². The molecule has 2 aromatic rings. The van der Waals surface area contributed by atoms with Crippen molar-refractivity contribution in [2.24, 2.45) is 13.0 Å². The van der Waals surface area contributed by atoms with Crippen molar-refractivity contribution >= 4 is 5.91 Å². The minimum absolute atomic E-state index is 0.00368. The predicted octanol–water partition coefficient (Wildman–Crippen LogP) is 0.279. The molecule has 19 heavy (non-hydrogen) atoms. The molecular weight excluding hydrogens is 244 g/mol. The van der Waals surface area contributed by atoms with Crippen molar-refractivity contribution in [2.45, 2.75) is 25.4 Å². The van der Waals surface area contributed by atoms with Gasteiger partial charge in [0.05, 0.1) is 12.2 Å². The number of hydrogen-bond acceptors (Lipinski definition) is 4. The van der Waals surface area contributed by atoms with E-state index in [1.807, 2.05) is 17.8 Å². The molecule has 1 aliphatic rings. The molecule has 0 aliphatic heterocycles. The number of nitrogens with zero attached hydrogens (tertiary/aromatic N) is 5. The van der Waals surface area contributed by atoms with Crippen LogP contribution in [-0.4, -0.2) is 30.5 Å². The van der Waals surface area contributed by atoms with Crippen molar-refractivity contribution in [1.82, 2.24) is 29.9 Å². The van der Waals surface area contributed by atoms with Crippen molar-refractivity contribution in [3.63, 3.8) is 0 Å². The molecular formula is C12H16N6O. The van der Waals surface area contributed by atoms with Gasteiger partial charge in [0.15, 0.2) is 0 Å². The molecule has 1 atom stereocenters. The summed E-state index contributed by atoms with van der Waals surface area (Å²) in [6, 6.07) is -0.00368. The molecule has 2 aromatic heterocycles. The summed E-state index contributed by atoms with van der Waals surface area (Å²) in [6.45, 7) is 0.188. The van der Waals surface area contributed by atoms with Gasteiger partial charge in [-0.1, -0.05) is 5.21 Å². The molecule has 0 unspecified atom stereocenters. The maximum atomic E-state index is 12.0. The van der Waals surface area contributed by atoms with E-state index >= 15 is 0 Å². The quantitative estimate of drug-likeness (QED) is 0.837. The first-order chi connectivity index (χ1) is 9.24. The first-order valence-corrected chi connectivity index (χ1v) is 6.34. The summed E-state index contributed by atoms with van der Waals surface area (Å²) in [5, 5.41) is 10.5. The fourth-order valence-electron chi connectivity index (χ4n) is 2.18. The van der Waals surface area contributed by atoms with Crippen molar-refractivity contribution in [1.29, 1.82) is 0 Å². The van der Waals surface area contributed by atoms with Gasteiger partial charge < -0.3 is 9.88 Å². The van der Waals surface area contributed by atoms with E-state index in [9.17, 15) is 4.79 Å². The lowest BCUT2D eigenvalue weighted by molar-refractivity contribution is -0.122. The summed E-state index contributed by atoms with van der Waals surface area (Å²) < 4.78 is 3.47. The zero-order chi connectivity index (χ0) is 13.2. The maximum Gasteiger partial charge on any atom is 0.242 e. The molecule has 0 saturated heterocycles. The first kappa shape index (κ1) is 11.9. The summed E-state index contributed by atoms with van der Waals surface area (Å²) in [7, 11) is 1.95. The van der Waals surface area contributed by atoms with Gasteiger partial charge in [0.1, 0.15) is 12.4 Å². The van der Waals surface area contributed by atoms with Crippen LogP contribution in [0.1, 0.15) is 24.7 Å². The van der Waals surface area contributed by atoms with Gasteiger partial charge >= 0.3 is 0 Å². The summed E-state index contributed by atoms with van der Waals surface area (Å²) in [5.74, 6) is 1.35. The Balaban J connectivity index is 1.68. The summed E-state index contributed by atoms with van der Waals surface area (Å²) in [4.78, 5) is 16.4. The second-order valence-electron chi connectivity index (χ2n) is 4.88. The topological polar surface area (TPSA) is 77.6 Å². The van der Waals surface area contributed by atoms with Crippen molar-refractivity contribution < 1.29 is 4.79 Å². The molecule has 1 saturated carbocycles. The monoisotopic (exact) mass is 260 g/mol. The SMILES string of the molecule is Cn1ccnc1[C@H](NC(=O)Cn1ccnn1)C1CC1. The second kappa shape index (κ2) is 4.83. The minimum atomic E-state index is -0.0644. The lowest BCUT2D eigenvalue weighted by Crippen LogP contribution is -2.34. The number of imidazole rings is 1. The van der Waals surface area contributed by atoms with Gasteiger partial charge in [-0.15, -0.1) is 5.10 Å². The number of aromatic nitrogens is 5. The smallest absolute Gasteiger partial charge is 0.242 e. The van der Waals surface area contributed by atoms with E-state index in [1.165, 1.54) is 4.68 Å². The number of aryl methyl sites for hydroxylation is 1. The van der Waals surface area contributed by atoms with Gasteiger partial charge in [0, 0.05) is 25.6 Å². The Morgan fingerprint density at radius 1 is 1.47 bits per heavy atom. The molecule has 100 valence electrons. The molecule has 3 rings (SSSR count). The Kier molecular flexibility index (Phi) is 3.02. The minimum Gasteiger partial charge on any atom is -0.344 e. The Labute approximate surface area is 110 Å². The van der Waals surface area contributed by atoms with Crippen LogP contribution in [0.5, 0.6) is 0 Å². The van der Waals surface area contributed by atoms with E-state index < -0.39 is 0 Å². The van der Waals surface area contributed by atoms with Crippen LogP contribution in [0.3, 0.4) is 0 Å². The van der Waals surface area contributed by atoms with Crippen LogP contribution in [0.25, 0.3) is 0 Å². The molecule has 1 fully saturated rings. The normalized spacial score (nSPS) is 16.3. The lowest BCUT2D eigenvalue weighted by atomic mass is 10.1. The van der Waals surface area contributed by atoms with Crippen LogP contribution in [-0.2, 0) is 18.4 Å². The highest BCUT2D eigenvalue weighted by molar-refractivity contribution is 5.76. The first-order valence-electron chi connectivity index (χ1n) is 6.34. The van der Waals surface area contributed by atoms with Gasteiger partial charge in [0.2, 0.25) is 5.91 Å². The highest BCUT2D eigenvalue weighted by Crippen LogP contribution is 2.40. The Hall–Kier alpha value is -2.18. The molecule has 2 heterocycles. The number of hydrogen-bond donors (Lipinski definition) is 1. The van der Waals surface area contributed by atoms with Crippen LogP contribution in [0, 0.1) is 5.92 Å². The van der Waals surface area contributed by atoms with E-state index in [1.54, 1.807) is 18.6 Å². The Bertz CT molecular complexity index is 557. The molecule has 1 N–H and O–H groups in total. The van der Waals surface area contributed by atoms with Gasteiger partial charge in [-0.25, -0.2) is 9.67 Å². The highest BCUT2D eigenvalue weighted by atomic mass is 16.2. The molecule has 0 spiro atoms. The van der Waals surface area contributed by atoms with Gasteiger partial charge in [-0.3, -0.25) is 4.79 Å². The van der Waals surface area contributed by atoms with E-state index in [0.29, 0.717) is 5.92 Å². The fraction of sp³-hybridized carbons (Fsp3) is 0.500. The zero-order valence-electron chi connectivity index (χ0n) is 10.7. The predicted molar refractivity (Wildman–Crippen MR) is 66.8 cm³/mol. The third-order valence-electron chi connectivity index (χ3n) is 3.32. The van der Waals surface area contributed by atoms with Crippen LogP contribution in [0.4, 0.5) is 0 Å². The number of carbonyl (C=O) groups is 1. The maximum absolute atomic E-state index is 12.0.